The Bertz CT molecular complexity index is 407. The fourth-order valence-corrected chi connectivity index (χ4v) is 1.57. The number of rotatable bonds is 6. The summed E-state index contributed by atoms with van der Waals surface area (Å²) in [7, 11) is 4.05. The van der Waals surface area contributed by atoms with Crippen LogP contribution in [0.15, 0.2) is 24.3 Å². The first-order valence-corrected chi connectivity index (χ1v) is 6.81. The molecule has 0 aromatic heterocycles. The molecule has 0 aliphatic heterocycles. The molecule has 1 N–H and O–H groups in total. The predicted molar refractivity (Wildman–Crippen MR) is 80.3 cm³/mol. The van der Waals surface area contributed by atoms with Gasteiger partial charge in [-0.3, -0.25) is 4.79 Å². The average molecular weight is 262 g/mol. The molecule has 106 valence electrons. The van der Waals surface area contributed by atoms with Gasteiger partial charge in [0.1, 0.15) is 0 Å². The van der Waals surface area contributed by atoms with E-state index in [-0.39, 0.29) is 11.4 Å². The van der Waals surface area contributed by atoms with Crippen molar-refractivity contribution in [1.82, 2.24) is 10.2 Å². The van der Waals surface area contributed by atoms with Crippen molar-refractivity contribution >= 4 is 5.91 Å². The topological polar surface area (TPSA) is 32.3 Å². The van der Waals surface area contributed by atoms with Gasteiger partial charge in [0.25, 0.3) is 0 Å². The molecule has 1 rings (SSSR count). The number of carbonyl (C=O) groups is 1. The highest BCUT2D eigenvalue weighted by atomic mass is 16.1. The molecule has 0 aliphatic rings. The number of amides is 1. The third kappa shape index (κ3) is 5.43. The molecule has 0 unspecified atom stereocenters. The van der Waals surface area contributed by atoms with Crippen molar-refractivity contribution < 1.29 is 4.79 Å². The van der Waals surface area contributed by atoms with Crippen molar-refractivity contribution in [3.8, 4) is 0 Å². The minimum absolute atomic E-state index is 0.0144. The minimum Gasteiger partial charge on any atom is -0.354 e. The first kappa shape index (κ1) is 15.7. The molecule has 1 aromatic carbocycles. The largest absolute Gasteiger partial charge is 0.354 e. The van der Waals surface area contributed by atoms with Gasteiger partial charge in [-0.05, 0) is 46.9 Å². The fraction of sp³-hybridized carbons (Fsp3) is 0.562. The van der Waals surface area contributed by atoms with Gasteiger partial charge in [0.2, 0.25) is 5.91 Å². The minimum atomic E-state index is -0.0144. The van der Waals surface area contributed by atoms with E-state index in [1.165, 1.54) is 11.1 Å². The number of carbonyl (C=O) groups excluding carboxylic acids is 1. The van der Waals surface area contributed by atoms with Crippen molar-refractivity contribution in [2.24, 2.45) is 0 Å². The van der Waals surface area contributed by atoms with Gasteiger partial charge >= 0.3 is 0 Å². The number of aryl methyl sites for hydroxylation is 2. The van der Waals surface area contributed by atoms with E-state index in [4.69, 9.17) is 0 Å². The Kier molecular flexibility index (Phi) is 5.55. The molecular formula is C16H26N2O. The summed E-state index contributed by atoms with van der Waals surface area (Å²) in [5, 5.41) is 3.01. The van der Waals surface area contributed by atoms with Gasteiger partial charge in [0, 0.05) is 18.5 Å². The Morgan fingerprint density at radius 1 is 1.21 bits per heavy atom. The third-order valence-electron chi connectivity index (χ3n) is 3.69. The SMILES string of the molecule is Cc1ccc(CCC(=O)NCC(C)(C)N(C)C)cc1. The highest BCUT2D eigenvalue weighted by molar-refractivity contribution is 5.76. The van der Waals surface area contributed by atoms with Crippen LogP contribution in [0.5, 0.6) is 0 Å². The Hall–Kier alpha value is -1.35. The van der Waals surface area contributed by atoms with Crippen LogP contribution < -0.4 is 5.32 Å². The predicted octanol–water partition coefficient (Wildman–Crippen LogP) is 2.38. The lowest BCUT2D eigenvalue weighted by atomic mass is 10.0. The Morgan fingerprint density at radius 2 is 1.79 bits per heavy atom. The average Bonchev–Trinajstić information content (AvgIpc) is 2.35. The van der Waals surface area contributed by atoms with Crippen LogP contribution in [0.25, 0.3) is 0 Å². The second-order valence-electron chi connectivity index (χ2n) is 5.97. The van der Waals surface area contributed by atoms with Crippen LogP contribution >= 0.6 is 0 Å². The van der Waals surface area contributed by atoms with Gasteiger partial charge in [-0.25, -0.2) is 0 Å². The summed E-state index contributed by atoms with van der Waals surface area (Å²) >= 11 is 0. The number of nitrogens with zero attached hydrogens (tertiary/aromatic N) is 1. The molecule has 0 atom stereocenters. The normalized spacial score (nSPS) is 11.7. The van der Waals surface area contributed by atoms with E-state index in [0.717, 1.165) is 6.42 Å². The maximum absolute atomic E-state index is 11.8. The van der Waals surface area contributed by atoms with Crippen molar-refractivity contribution in [2.75, 3.05) is 20.6 Å². The summed E-state index contributed by atoms with van der Waals surface area (Å²) in [6, 6.07) is 8.35. The summed E-state index contributed by atoms with van der Waals surface area (Å²) in [4.78, 5) is 13.9. The lowest BCUT2D eigenvalue weighted by Crippen LogP contribution is -2.48. The van der Waals surface area contributed by atoms with Gasteiger partial charge in [-0.2, -0.15) is 0 Å². The summed E-state index contributed by atoms with van der Waals surface area (Å²) in [6.45, 7) is 6.98. The first-order chi connectivity index (χ1) is 8.81. The highest BCUT2D eigenvalue weighted by Crippen LogP contribution is 2.09. The zero-order valence-electron chi connectivity index (χ0n) is 12.8. The molecule has 0 saturated heterocycles. The zero-order chi connectivity index (χ0) is 14.5. The van der Waals surface area contributed by atoms with E-state index in [1.807, 2.05) is 14.1 Å². The Morgan fingerprint density at radius 3 is 2.32 bits per heavy atom. The Balaban J connectivity index is 2.34. The summed E-state index contributed by atoms with van der Waals surface area (Å²) in [6.07, 6.45) is 1.35. The lowest BCUT2D eigenvalue weighted by Gasteiger charge is -2.32. The quantitative estimate of drug-likeness (QED) is 0.853. The molecular weight excluding hydrogens is 236 g/mol. The van der Waals surface area contributed by atoms with E-state index < -0.39 is 0 Å². The smallest absolute Gasteiger partial charge is 0.220 e. The number of hydrogen-bond donors (Lipinski definition) is 1. The standard InChI is InChI=1S/C16H26N2O/c1-13-6-8-14(9-7-13)10-11-15(19)17-12-16(2,3)18(4)5/h6-9H,10-12H2,1-5H3,(H,17,19). The van der Waals surface area contributed by atoms with Crippen molar-refractivity contribution in [3.63, 3.8) is 0 Å². The van der Waals surface area contributed by atoms with Crippen LogP contribution in [0.2, 0.25) is 0 Å². The number of hydrogen-bond acceptors (Lipinski definition) is 2. The Labute approximate surface area is 117 Å². The van der Waals surface area contributed by atoms with Crippen LogP contribution in [0.1, 0.15) is 31.4 Å². The van der Waals surface area contributed by atoms with E-state index >= 15 is 0 Å². The molecule has 0 aliphatic carbocycles. The molecule has 0 radical (unpaired) electrons. The monoisotopic (exact) mass is 262 g/mol. The molecule has 0 fully saturated rings. The second-order valence-corrected chi connectivity index (χ2v) is 5.97. The van der Waals surface area contributed by atoms with Gasteiger partial charge in [0.05, 0.1) is 0 Å². The van der Waals surface area contributed by atoms with Crippen molar-refractivity contribution in [2.45, 2.75) is 39.2 Å². The van der Waals surface area contributed by atoms with Crippen LogP contribution in [-0.2, 0) is 11.2 Å². The third-order valence-corrected chi connectivity index (χ3v) is 3.69. The summed E-state index contributed by atoms with van der Waals surface area (Å²) in [5.41, 5.74) is 2.45. The molecule has 3 heteroatoms. The van der Waals surface area contributed by atoms with Crippen LogP contribution in [0.3, 0.4) is 0 Å². The van der Waals surface area contributed by atoms with E-state index in [0.29, 0.717) is 13.0 Å². The number of likely N-dealkylation sites (N-methyl/N-ethyl adjacent to an activating group) is 1. The van der Waals surface area contributed by atoms with Gasteiger partial charge < -0.3 is 10.2 Å². The molecule has 19 heavy (non-hydrogen) atoms. The summed E-state index contributed by atoms with van der Waals surface area (Å²) in [5.74, 6) is 0.121. The molecule has 1 amide bonds. The second kappa shape index (κ2) is 6.71. The number of benzene rings is 1. The van der Waals surface area contributed by atoms with Crippen molar-refractivity contribution in [3.05, 3.63) is 35.4 Å². The molecule has 0 heterocycles. The summed E-state index contributed by atoms with van der Waals surface area (Å²) < 4.78 is 0. The molecule has 3 nitrogen and oxygen atoms in total. The fourth-order valence-electron chi connectivity index (χ4n) is 1.57. The molecule has 1 aromatic rings. The van der Waals surface area contributed by atoms with Crippen molar-refractivity contribution in [1.29, 1.82) is 0 Å². The maximum Gasteiger partial charge on any atom is 0.220 e. The van der Waals surface area contributed by atoms with Crippen LogP contribution in [-0.4, -0.2) is 37.0 Å². The van der Waals surface area contributed by atoms with E-state index in [2.05, 4.69) is 55.3 Å². The highest BCUT2D eigenvalue weighted by Gasteiger charge is 2.20. The molecule has 0 spiro atoms. The lowest BCUT2D eigenvalue weighted by molar-refractivity contribution is -0.121. The van der Waals surface area contributed by atoms with Crippen LogP contribution in [0, 0.1) is 6.92 Å². The van der Waals surface area contributed by atoms with E-state index in [1.54, 1.807) is 0 Å². The molecule has 0 bridgehead atoms. The number of nitrogens with one attached hydrogen (secondary N) is 1. The zero-order valence-corrected chi connectivity index (χ0v) is 12.8. The van der Waals surface area contributed by atoms with E-state index in [9.17, 15) is 4.79 Å². The first-order valence-electron chi connectivity index (χ1n) is 6.81. The molecule has 0 saturated carbocycles. The maximum atomic E-state index is 11.8. The van der Waals surface area contributed by atoms with Crippen LogP contribution in [0.4, 0.5) is 0 Å². The van der Waals surface area contributed by atoms with Gasteiger partial charge in [0.15, 0.2) is 0 Å². The van der Waals surface area contributed by atoms with Gasteiger partial charge in [-0.15, -0.1) is 0 Å². The van der Waals surface area contributed by atoms with Gasteiger partial charge in [-0.1, -0.05) is 29.8 Å².